The van der Waals surface area contributed by atoms with Crippen molar-refractivity contribution in [1.82, 2.24) is 14.8 Å². The van der Waals surface area contributed by atoms with E-state index in [1.165, 1.54) is 17.0 Å². The van der Waals surface area contributed by atoms with Gasteiger partial charge in [0.25, 0.3) is 11.8 Å². The zero-order valence-electron chi connectivity index (χ0n) is 21.4. The van der Waals surface area contributed by atoms with Gasteiger partial charge in [0.05, 0.1) is 22.9 Å². The van der Waals surface area contributed by atoms with Gasteiger partial charge in [0.1, 0.15) is 0 Å². The van der Waals surface area contributed by atoms with Crippen molar-refractivity contribution in [2.75, 3.05) is 38.5 Å². The fraction of sp³-hybridized carbons (Fsp3) is 0.310. The number of anilines is 1. The van der Waals surface area contributed by atoms with Crippen LogP contribution in [0.15, 0.2) is 42.5 Å². The van der Waals surface area contributed by atoms with E-state index in [-0.39, 0.29) is 23.6 Å². The molecule has 2 aliphatic heterocycles. The molecule has 3 heterocycles. The van der Waals surface area contributed by atoms with E-state index in [4.69, 9.17) is 0 Å². The van der Waals surface area contributed by atoms with Crippen LogP contribution in [0, 0.1) is 18.6 Å². The van der Waals surface area contributed by atoms with Gasteiger partial charge in [0.15, 0.2) is 11.6 Å². The highest BCUT2D eigenvalue weighted by molar-refractivity contribution is 6.36. The average Bonchev–Trinajstić information content (AvgIpc) is 3.60. The van der Waals surface area contributed by atoms with Crippen molar-refractivity contribution in [2.45, 2.75) is 25.9 Å². The molecule has 2 aromatic carbocycles. The molecule has 7 nitrogen and oxygen atoms in total. The second-order valence-electron chi connectivity index (χ2n) is 9.97. The van der Waals surface area contributed by atoms with Gasteiger partial charge in [-0.1, -0.05) is 24.3 Å². The fourth-order valence-electron chi connectivity index (χ4n) is 5.29. The number of amides is 2. The number of aromatic amines is 1. The summed E-state index contributed by atoms with van der Waals surface area (Å²) in [6, 6.07) is 10.6. The first-order valence-corrected chi connectivity index (χ1v) is 12.7. The van der Waals surface area contributed by atoms with Gasteiger partial charge in [-0.15, -0.1) is 0 Å². The number of halogens is 2. The molecule has 9 heteroatoms. The summed E-state index contributed by atoms with van der Waals surface area (Å²) >= 11 is 0. The Bertz CT molecular complexity index is 1430. The summed E-state index contributed by atoms with van der Waals surface area (Å²) in [6.45, 7) is 4.39. The lowest BCUT2D eigenvalue weighted by atomic mass is 9.93. The number of aromatic nitrogens is 1. The summed E-state index contributed by atoms with van der Waals surface area (Å²) in [5.74, 6) is -2.69. The molecule has 1 atom stereocenters. The number of carbonyl (C=O) groups is 2. The van der Waals surface area contributed by atoms with Crippen LogP contribution in [-0.4, -0.2) is 71.0 Å². The predicted molar refractivity (Wildman–Crippen MR) is 142 cm³/mol. The molecule has 1 saturated heterocycles. The number of benzene rings is 2. The number of hydrogen-bond donors (Lipinski definition) is 3. The standard InChI is InChI=1S/C29H30F2N4O3/c1-17-13-21(29(38)34(2)15-18(36)16-35-11-3-4-12-35)25(32-17)14-22-26-19(7-6-10-24(26)33-28(22)37)20-8-5-9-23(30)27(20)31/h5-10,13-14,18,32,36H,3-4,11-12,15-16H2,1-2H3,(H,33,37). The number of nitrogens with one attached hydrogen (secondary N) is 2. The lowest BCUT2D eigenvalue weighted by Gasteiger charge is -2.24. The van der Waals surface area contributed by atoms with Gasteiger partial charge in [-0.05, 0) is 62.7 Å². The smallest absolute Gasteiger partial charge is 0.256 e. The minimum atomic E-state index is -1.000. The van der Waals surface area contributed by atoms with Crippen molar-refractivity contribution in [2.24, 2.45) is 0 Å². The molecule has 1 aromatic heterocycles. The van der Waals surface area contributed by atoms with Crippen LogP contribution < -0.4 is 5.32 Å². The molecule has 0 saturated carbocycles. The molecule has 3 aromatic rings. The maximum atomic E-state index is 14.7. The van der Waals surface area contributed by atoms with Gasteiger partial charge >= 0.3 is 0 Å². The van der Waals surface area contributed by atoms with E-state index in [0.29, 0.717) is 40.3 Å². The summed E-state index contributed by atoms with van der Waals surface area (Å²) in [7, 11) is 1.64. The largest absolute Gasteiger partial charge is 0.390 e. The number of carbonyl (C=O) groups excluding carboxylic acids is 2. The van der Waals surface area contributed by atoms with Crippen LogP contribution in [0.1, 0.15) is 40.2 Å². The minimum absolute atomic E-state index is 0.0370. The Balaban J connectivity index is 1.47. The highest BCUT2D eigenvalue weighted by Crippen LogP contribution is 2.41. The number of H-pyrrole nitrogens is 1. The third-order valence-electron chi connectivity index (χ3n) is 7.07. The van der Waals surface area contributed by atoms with Crippen LogP contribution in [0.4, 0.5) is 14.5 Å². The van der Waals surface area contributed by atoms with Gasteiger partial charge in [-0.3, -0.25) is 9.59 Å². The van der Waals surface area contributed by atoms with Crippen molar-refractivity contribution in [1.29, 1.82) is 0 Å². The maximum absolute atomic E-state index is 14.7. The average molecular weight is 521 g/mol. The Labute approximate surface area is 219 Å². The molecule has 0 spiro atoms. The van der Waals surface area contributed by atoms with Gasteiger partial charge < -0.3 is 25.2 Å². The SMILES string of the molecule is Cc1cc(C(=O)N(C)CC(O)CN2CCCC2)c(C=C2C(=O)Nc3cccc(-c4cccc(F)c4F)c32)[nH]1. The van der Waals surface area contributed by atoms with Crippen molar-refractivity contribution in [3.8, 4) is 11.1 Å². The highest BCUT2D eigenvalue weighted by atomic mass is 19.2. The molecule has 1 unspecified atom stereocenters. The second-order valence-corrected chi connectivity index (χ2v) is 9.97. The number of likely N-dealkylation sites (N-methyl/N-ethyl adjacent to an activating group) is 1. The molecule has 2 amide bonds. The molecule has 0 radical (unpaired) electrons. The van der Waals surface area contributed by atoms with E-state index in [1.54, 1.807) is 44.3 Å². The Morgan fingerprint density at radius 1 is 1.16 bits per heavy atom. The Kier molecular flexibility index (Phi) is 7.14. The maximum Gasteiger partial charge on any atom is 0.256 e. The fourth-order valence-corrected chi connectivity index (χ4v) is 5.29. The van der Waals surface area contributed by atoms with Crippen LogP contribution >= 0.6 is 0 Å². The summed E-state index contributed by atoms with van der Waals surface area (Å²) in [5.41, 5.74) is 3.02. The summed E-state index contributed by atoms with van der Waals surface area (Å²) in [4.78, 5) is 33.2. The van der Waals surface area contributed by atoms with E-state index in [1.807, 2.05) is 0 Å². The number of aliphatic hydroxyl groups excluding tert-OH is 1. The topological polar surface area (TPSA) is 88.7 Å². The zero-order valence-corrected chi connectivity index (χ0v) is 21.4. The number of fused-ring (bicyclic) bond motifs is 1. The Morgan fingerprint density at radius 2 is 1.87 bits per heavy atom. The quantitative estimate of drug-likeness (QED) is 0.406. The van der Waals surface area contributed by atoms with E-state index >= 15 is 0 Å². The first-order chi connectivity index (χ1) is 18.2. The molecule has 5 rings (SSSR count). The zero-order chi connectivity index (χ0) is 27.0. The molecule has 1 fully saturated rings. The number of rotatable bonds is 7. The van der Waals surface area contributed by atoms with E-state index in [9.17, 15) is 23.5 Å². The van der Waals surface area contributed by atoms with Gasteiger partial charge in [-0.25, -0.2) is 8.78 Å². The number of hydrogen-bond acceptors (Lipinski definition) is 4. The van der Waals surface area contributed by atoms with Crippen molar-refractivity contribution in [3.63, 3.8) is 0 Å². The van der Waals surface area contributed by atoms with E-state index in [2.05, 4.69) is 15.2 Å². The lowest BCUT2D eigenvalue weighted by molar-refractivity contribution is -0.110. The highest BCUT2D eigenvalue weighted by Gasteiger charge is 2.30. The molecule has 0 bridgehead atoms. The summed E-state index contributed by atoms with van der Waals surface area (Å²) in [5, 5.41) is 13.3. The monoisotopic (exact) mass is 520 g/mol. The third kappa shape index (κ3) is 4.99. The number of aliphatic hydroxyl groups is 1. The molecule has 0 aliphatic carbocycles. The first kappa shape index (κ1) is 25.8. The minimum Gasteiger partial charge on any atom is -0.390 e. The Hall–Kier alpha value is -3.82. The van der Waals surface area contributed by atoms with Gasteiger partial charge in [0, 0.05) is 42.6 Å². The van der Waals surface area contributed by atoms with Crippen LogP contribution in [-0.2, 0) is 4.79 Å². The summed E-state index contributed by atoms with van der Waals surface area (Å²) in [6.07, 6.45) is 3.12. The van der Waals surface area contributed by atoms with Crippen LogP contribution in [0.5, 0.6) is 0 Å². The molecule has 198 valence electrons. The molecule has 2 aliphatic rings. The van der Waals surface area contributed by atoms with Crippen LogP contribution in [0.3, 0.4) is 0 Å². The van der Waals surface area contributed by atoms with E-state index in [0.717, 1.165) is 32.0 Å². The van der Waals surface area contributed by atoms with Crippen molar-refractivity contribution >= 4 is 29.2 Å². The molecule has 3 N–H and O–H groups in total. The second kappa shape index (κ2) is 10.5. The molecular weight excluding hydrogens is 490 g/mol. The van der Waals surface area contributed by atoms with E-state index < -0.39 is 23.6 Å². The molecule has 38 heavy (non-hydrogen) atoms. The van der Waals surface area contributed by atoms with Crippen molar-refractivity contribution in [3.05, 3.63) is 76.6 Å². The van der Waals surface area contributed by atoms with Crippen molar-refractivity contribution < 1.29 is 23.5 Å². The lowest BCUT2D eigenvalue weighted by Crippen LogP contribution is -2.40. The van der Waals surface area contributed by atoms with Crippen LogP contribution in [0.2, 0.25) is 0 Å². The first-order valence-electron chi connectivity index (χ1n) is 12.7. The van der Waals surface area contributed by atoms with Gasteiger partial charge in [-0.2, -0.15) is 0 Å². The number of β-amino-alcohol motifs (C(OH)–C–C–N with tert-alkyl or cyclic N) is 1. The predicted octanol–water partition coefficient (Wildman–Crippen LogP) is 4.29. The normalized spacial score (nSPS) is 17.1. The van der Waals surface area contributed by atoms with Gasteiger partial charge in [0.2, 0.25) is 0 Å². The number of aryl methyl sites for hydroxylation is 1. The number of likely N-dealkylation sites (tertiary alicyclic amines) is 1. The number of nitrogens with zero attached hydrogens (tertiary/aromatic N) is 2. The Morgan fingerprint density at radius 3 is 2.63 bits per heavy atom. The third-order valence-corrected chi connectivity index (χ3v) is 7.07. The molecular formula is C29H30F2N4O3. The summed E-state index contributed by atoms with van der Waals surface area (Å²) < 4.78 is 28.7. The van der Waals surface area contributed by atoms with Crippen LogP contribution in [0.25, 0.3) is 22.8 Å².